The lowest BCUT2D eigenvalue weighted by molar-refractivity contribution is -0.870. The molecule has 0 aromatic heterocycles. The number of carbonyl (C=O) groups is 3. The van der Waals surface area contributed by atoms with Crippen LogP contribution in [0.1, 0.15) is 168 Å². The molecule has 0 radical (unpaired) electrons. The van der Waals surface area contributed by atoms with Gasteiger partial charge >= 0.3 is 11.9 Å². The molecule has 0 saturated carbocycles. The number of aliphatic carboxylic acids is 1. The second-order valence-corrected chi connectivity index (χ2v) is 18.0. The Morgan fingerprint density at radius 3 is 1.16 bits per heavy atom. The van der Waals surface area contributed by atoms with Crippen LogP contribution >= 0.6 is 0 Å². The summed E-state index contributed by atoms with van der Waals surface area (Å²) in [7, 11) is 5.88. The molecule has 388 valence electrons. The van der Waals surface area contributed by atoms with Crippen molar-refractivity contribution in [1.29, 1.82) is 0 Å². The van der Waals surface area contributed by atoms with Crippen LogP contribution in [0.3, 0.4) is 0 Å². The van der Waals surface area contributed by atoms with Crippen molar-refractivity contribution in [2.24, 2.45) is 0 Å². The van der Waals surface area contributed by atoms with Crippen LogP contribution in [0.2, 0.25) is 0 Å². The van der Waals surface area contributed by atoms with Gasteiger partial charge in [-0.2, -0.15) is 0 Å². The molecule has 0 N–H and O–H groups in total. The summed E-state index contributed by atoms with van der Waals surface area (Å²) in [6.07, 6.45) is 67.8. The van der Waals surface area contributed by atoms with E-state index in [0.717, 1.165) is 128 Å². The molecule has 0 aliphatic rings. The highest BCUT2D eigenvalue weighted by molar-refractivity contribution is 5.70. The van der Waals surface area contributed by atoms with E-state index in [9.17, 15) is 19.5 Å². The van der Waals surface area contributed by atoms with Gasteiger partial charge in [0.1, 0.15) is 13.2 Å². The number of nitrogens with zero attached hydrogens (tertiary/aromatic N) is 1. The summed E-state index contributed by atoms with van der Waals surface area (Å²) in [6.45, 7) is 4.43. The number of rotatable bonds is 46. The fourth-order valence-electron chi connectivity index (χ4n) is 6.39. The van der Waals surface area contributed by atoms with E-state index in [4.69, 9.17) is 18.9 Å². The topological polar surface area (TPSA) is 111 Å². The van der Waals surface area contributed by atoms with E-state index in [1.54, 1.807) is 0 Å². The maximum absolute atomic E-state index is 12.8. The van der Waals surface area contributed by atoms with Gasteiger partial charge in [0.25, 0.3) is 0 Å². The van der Waals surface area contributed by atoms with Crippen molar-refractivity contribution in [3.05, 3.63) is 134 Å². The number of quaternary nitrogens is 1. The monoisotopic (exact) mass is 958 g/mol. The van der Waals surface area contributed by atoms with Gasteiger partial charge in [-0.15, -0.1) is 0 Å². The number of likely N-dealkylation sites (N-methyl/N-ethyl adjacent to an activating group) is 1. The third-order valence-corrected chi connectivity index (χ3v) is 10.4. The molecule has 9 nitrogen and oxygen atoms in total. The highest BCUT2D eigenvalue weighted by Crippen LogP contribution is 2.12. The molecule has 0 bridgehead atoms. The second-order valence-electron chi connectivity index (χ2n) is 18.0. The van der Waals surface area contributed by atoms with Crippen molar-refractivity contribution in [3.63, 3.8) is 0 Å². The molecule has 0 amide bonds. The lowest BCUT2D eigenvalue weighted by Crippen LogP contribution is -2.44. The van der Waals surface area contributed by atoms with Crippen LogP contribution in [0.25, 0.3) is 0 Å². The van der Waals surface area contributed by atoms with Gasteiger partial charge in [0.15, 0.2) is 12.4 Å². The minimum Gasteiger partial charge on any atom is -0.545 e. The molecule has 0 aromatic carbocycles. The number of hydrogen-bond donors (Lipinski definition) is 0. The molecule has 9 heteroatoms. The number of unbranched alkanes of at least 4 members (excludes halogenated alkanes) is 9. The maximum Gasteiger partial charge on any atom is 0.306 e. The number of ether oxygens (including phenoxy) is 4. The van der Waals surface area contributed by atoms with Gasteiger partial charge in [0.05, 0.1) is 40.3 Å². The number of carboxylic acid groups (broad SMARTS) is 1. The van der Waals surface area contributed by atoms with E-state index < -0.39 is 24.3 Å². The van der Waals surface area contributed by atoms with Crippen molar-refractivity contribution in [1.82, 2.24) is 0 Å². The molecule has 0 aromatic rings. The van der Waals surface area contributed by atoms with E-state index in [2.05, 4.69) is 148 Å². The van der Waals surface area contributed by atoms with Gasteiger partial charge < -0.3 is 33.3 Å². The summed E-state index contributed by atoms with van der Waals surface area (Å²) >= 11 is 0. The summed E-state index contributed by atoms with van der Waals surface area (Å²) < 4.78 is 22.6. The summed E-state index contributed by atoms with van der Waals surface area (Å²) in [6, 6.07) is 0. The third kappa shape index (κ3) is 51.1. The zero-order chi connectivity index (χ0) is 50.6. The number of carbonyl (C=O) groups excluding carboxylic acids is 3. The molecule has 2 atom stereocenters. The van der Waals surface area contributed by atoms with Gasteiger partial charge in [0, 0.05) is 12.8 Å². The normalized spacial score (nSPS) is 13.9. The smallest absolute Gasteiger partial charge is 0.306 e. The standard InChI is InChI=1S/C60H95NO8/c1-6-8-10-12-14-16-18-20-22-23-24-25-26-27-28-29-30-31-32-33-34-35-37-39-41-43-45-47-49-51-58(63)69-56(55-68-60(59(64)65)66-53-52-61(3,4)5)54-67-57(62)50-48-46-44-42-40-38-36-21-19-17-15-13-11-9-7-2/h8-11,14-17,20-22,24-25,27-28,30-31,33-34,36-37,39,56,60H,6-7,12-13,18-19,23,26,29,32,35,38,40-55H2,1-5H3/b10-8-,11-9-,16-14-,17-15-,22-20-,25-24-,28-27-,31-30-,34-33-,36-21-,39-37-. The van der Waals surface area contributed by atoms with Crippen molar-refractivity contribution in [2.75, 3.05) is 47.5 Å². The summed E-state index contributed by atoms with van der Waals surface area (Å²) in [5.41, 5.74) is 0. The fraction of sp³-hybridized carbons (Fsp3) is 0.583. The van der Waals surface area contributed by atoms with Gasteiger partial charge in [0.2, 0.25) is 0 Å². The average Bonchev–Trinajstić information content (AvgIpc) is 3.31. The summed E-state index contributed by atoms with van der Waals surface area (Å²) in [4.78, 5) is 37.2. The Balaban J connectivity index is 4.41. The molecule has 0 aliphatic heterocycles. The first-order valence-corrected chi connectivity index (χ1v) is 26.3. The van der Waals surface area contributed by atoms with E-state index >= 15 is 0 Å². The van der Waals surface area contributed by atoms with Crippen LogP contribution in [0.5, 0.6) is 0 Å². The van der Waals surface area contributed by atoms with Crippen molar-refractivity contribution >= 4 is 17.9 Å². The molecule has 0 aliphatic carbocycles. The van der Waals surface area contributed by atoms with Gasteiger partial charge in [-0.05, 0) is 109 Å². The van der Waals surface area contributed by atoms with Crippen LogP contribution < -0.4 is 5.11 Å². The van der Waals surface area contributed by atoms with Gasteiger partial charge in [-0.25, -0.2) is 0 Å². The highest BCUT2D eigenvalue weighted by atomic mass is 16.7. The van der Waals surface area contributed by atoms with E-state index in [1.807, 2.05) is 21.1 Å². The van der Waals surface area contributed by atoms with Crippen LogP contribution in [0.4, 0.5) is 0 Å². The molecular formula is C60H95NO8. The Morgan fingerprint density at radius 2 is 0.783 bits per heavy atom. The number of esters is 2. The largest absolute Gasteiger partial charge is 0.545 e. The summed E-state index contributed by atoms with van der Waals surface area (Å²) in [5.74, 6) is -2.36. The van der Waals surface area contributed by atoms with Gasteiger partial charge in [-0.1, -0.05) is 180 Å². The van der Waals surface area contributed by atoms with Crippen LogP contribution in [0, 0.1) is 0 Å². The van der Waals surface area contributed by atoms with Crippen molar-refractivity contribution < 1.29 is 42.9 Å². The fourth-order valence-corrected chi connectivity index (χ4v) is 6.39. The first-order valence-electron chi connectivity index (χ1n) is 26.3. The number of carboxylic acids is 1. The predicted octanol–water partition coefficient (Wildman–Crippen LogP) is 13.8. The molecule has 0 fully saturated rings. The lowest BCUT2D eigenvalue weighted by Gasteiger charge is -2.26. The summed E-state index contributed by atoms with van der Waals surface area (Å²) in [5, 5.41) is 11.7. The molecule has 69 heavy (non-hydrogen) atoms. The molecule has 0 spiro atoms. The molecule has 0 rings (SSSR count). The highest BCUT2D eigenvalue weighted by Gasteiger charge is 2.21. The first kappa shape index (κ1) is 64.4. The van der Waals surface area contributed by atoms with E-state index in [-0.39, 0.29) is 38.6 Å². The molecule has 2 unspecified atom stereocenters. The Bertz CT molecular complexity index is 1590. The van der Waals surface area contributed by atoms with Crippen molar-refractivity contribution in [2.45, 2.75) is 180 Å². The van der Waals surface area contributed by atoms with Crippen molar-refractivity contribution in [3.8, 4) is 0 Å². The van der Waals surface area contributed by atoms with E-state index in [1.165, 1.54) is 0 Å². The Labute approximate surface area is 420 Å². The Kier molecular flexibility index (Phi) is 46.5. The first-order chi connectivity index (χ1) is 33.6. The van der Waals surface area contributed by atoms with Crippen LogP contribution in [0.15, 0.2) is 134 Å². The van der Waals surface area contributed by atoms with E-state index in [0.29, 0.717) is 23.9 Å². The zero-order valence-corrected chi connectivity index (χ0v) is 43.9. The molecule has 0 heterocycles. The predicted molar refractivity (Wildman–Crippen MR) is 287 cm³/mol. The van der Waals surface area contributed by atoms with Crippen LogP contribution in [-0.2, 0) is 33.3 Å². The van der Waals surface area contributed by atoms with Crippen LogP contribution in [-0.4, -0.2) is 82.3 Å². The Morgan fingerprint density at radius 1 is 0.435 bits per heavy atom. The number of allylic oxidation sites excluding steroid dienone is 22. The quantitative estimate of drug-likeness (QED) is 0.0195. The third-order valence-electron chi connectivity index (χ3n) is 10.4. The second kappa shape index (κ2) is 49.8. The van der Waals surface area contributed by atoms with Gasteiger partial charge in [-0.3, -0.25) is 9.59 Å². The number of hydrogen-bond acceptors (Lipinski definition) is 8. The zero-order valence-electron chi connectivity index (χ0n) is 43.9. The maximum atomic E-state index is 12.8. The molecular weight excluding hydrogens is 863 g/mol. The minimum atomic E-state index is -1.64. The lowest BCUT2D eigenvalue weighted by atomic mass is 10.1. The Hall–Kier alpha value is -4.57. The average molecular weight is 958 g/mol. The minimum absolute atomic E-state index is 0.131. The SMILES string of the molecule is CC/C=C\C/C=C\C/C=C\C/C=C\C/C=C\C/C=C\C/C=C\C/C=C\CCCCCCC(=O)OC(COC(=O)CCCCCCC/C=C\C/C=C\C/C=C\CC)COC(OCC[N+](C)(C)C)C(=O)[O-]. The molecule has 0 saturated heterocycles.